The minimum absolute atomic E-state index is 0.107. The van der Waals surface area contributed by atoms with E-state index in [0.29, 0.717) is 28.3 Å². The monoisotopic (exact) mass is 507 g/mol. The lowest BCUT2D eigenvalue weighted by molar-refractivity contribution is 0.0998. The molecular weight excluding hydrogens is 482 g/mol. The Labute approximate surface area is 208 Å². The van der Waals surface area contributed by atoms with Crippen molar-refractivity contribution in [1.29, 1.82) is 0 Å². The number of aromatic nitrogens is 1. The zero-order chi connectivity index (χ0) is 25.2. The van der Waals surface area contributed by atoms with Gasteiger partial charge >= 0.3 is 0 Å². The van der Waals surface area contributed by atoms with Crippen molar-refractivity contribution >= 4 is 43.2 Å². The number of rotatable bonds is 7. The van der Waals surface area contributed by atoms with Gasteiger partial charge in [0.1, 0.15) is 5.75 Å². The Morgan fingerprint density at radius 3 is 2.37 bits per heavy atom. The maximum absolute atomic E-state index is 12.9. The second kappa shape index (κ2) is 9.89. The van der Waals surface area contributed by atoms with E-state index in [1.165, 1.54) is 41.7 Å². The van der Waals surface area contributed by atoms with Gasteiger partial charge in [0.2, 0.25) is 0 Å². The number of nitrogens with zero attached hydrogens (tertiary/aromatic N) is 2. The Hall–Kier alpha value is -3.69. The predicted octanol–water partition coefficient (Wildman–Crippen LogP) is 5.06. The first kappa shape index (κ1) is 24.4. The predicted molar refractivity (Wildman–Crippen MR) is 140 cm³/mol. The summed E-state index contributed by atoms with van der Waals surface area (Å²) in [5.74, 6) is 0.154. The molecule has 4 aromatic rings. The second-order valence-electron chi connectivity index (χ2n) is 7.96. The molecule has 0 atom stereocenters. The first-order valence-electron chi connectivity index (χ1n) is 10.8. The van der Waals surface area contributed by atoms with Gasteiger partial charge in [0.15, 0.2) is 4.80 Å². The van der Waals surface area contributed by atoms with Crippen LogP contribution in [-0.4, -0.2) is 26.0 Å². The van der Waals surface area contributed by atoms with Gasteiger partial charge in [0.05, 0.1) is 22.2 Å². The molecule has 3 aromatic carbocycles. The molecule has 180 valence electrons. The quantitative estimate of drug-likeness (QED) is 0.354. The molecule has 4 rings (SSSR count). The molecule has 0 saturated heterocycles. The fourth-order valence-electron chi connectivity index (χ4n) is 3.51. The van der Waals surface area contributed by atoms with Crippen LogP contribution in [0.15, 0.2) is 83.2 Å². The summed E-state index contributed by atoms with van der Waals surface area (Å²) in [6.07, 6.45) is 1.77. The Morgan fingerprint density at radius 1 is 1.09 bits per heavy atom. The third-order valence-electron chi connectivity index (χ3n) is 5.56. The number of anilines is 1. The molecule has 0 spiro atoms. The number of nitrogens with one attached hydrogen (secondary N) is 1. The van der Waals surface area contributed by atoms with Gasteiger partial charge < -0.3 is 9.30 Å². The number of carbonyl (C=O) groups excluding carboxylic acids is 1. The summed E-state index contributed by atoms with van der Waals surface area (Å²) in [7, 11) is -2.27. The Balaban J connectivity index is 1.60. The molecule has 1 heterocycles. The molecule has 35 heavy (non-hydrogen) atoms. The van der Waals surface area contributed by atoms with Crippen LogP contribution in [0.5, 0.6) is 5.75 Å². The standard InChI is InChI=1S/C26H25N3O4S2/c1-5-14-29-23-15-17(2)18(3)16-24(23)34-26(29)27-25(30)19-6-8-20(9-7-19)28-35(31,32)22-12-10-21(33-4)11-13-22/h5-13,15-16,28H,1,14H2,2-4H3. The van der Waals surface area contributed by atoms with Crippen LogP contribution in [0, 0.1) is 13.8 Å². The number of amides is 1. The molecular formula is C26H25N3O4S2. The average Bonchev–Trinajstić information content (AvgIpc) is 3.15. The van der Waals surface area contributed by atoms with Gasteiger partial charge in [-0.1, -0.05) is 17.4 Å². The van der Waals surface area contributed by atoms with Crippen LogP contribution in [0.3, 0.4) is 0 Å². The van der Waals surface area contributed by atoms with E-state index in [1.54, 1.807) is 42.5 Å². The number of ether oxygens (including phenoxy) is 1. The molecule has 0 aliphatic rings. The number of carbonyl (C=O) groups is 1. The number of methoxy groups -OCH3 is 1. The third kappa shape index (κ3) is 5.21. The summed E-state index contributed by atoms with van der Waals surface area (Å²) in [6, 6.07) is 16.5. The highest BCUT2D eigenvalue weighted by Gasteiger charge is 2.15. The van der Waals surface area contributed by atoms with E-state index in [2.05, 4.69) is 42.3 Å². The molecule has 0 radical (unpaired) electrons. The number of sulfonamides is 1. The number of hydrogen-bond donors (Lipinski definition) is 1. The zero-order valence-corrected chi connectivity index (χ0v) is 21.2. The Morgan fingerprint density at radius 2 is 1.74 bits per heavy atom. The lowest BCUT2D eigenvalue weighted by Gasteiger charge is -2.09. The Bertz CT molecular complexity index is 1580. The van der Waals surface area contributed by atoms with Gasteiger partial charge in [-0.15, -0.1) is 6.58 Å². The van der Waals surface area contributed by atoms with E-state index < -0.39 is 15.9 Å². The third-order valence-corrected chi connectivity index (χ3v) is 8.00. The number of benzene rings is 3. The summed E-state index contributed by atoms with van der Waals surface area (Å²) in [5.41, 5.74) is 4.04. The lowest BCUT2D eigenvalue weighted by atomic mass is 10.1. The number of aryl methyl sites for hydroxylation is 2. The van der Waals surface area contributed by atoms with Crippen LogP contribution < -0.4 is 14.3 Å². The average molecular weight is 508 g/mol. The number of hydrogen-bond acceptors (Lipinski definition) is 5. The summed E-state index contributed by atoms with van der Waals surface area (Å²) in [4.78, 5) is 18.0. The van der Waals surface area contributed by atoms with Crippen molar-refractivity contribution < 1.29 is 17.9 Å². The highest BCUT2D eigenvalue weighted by atomic mass is 32.2. The fourth-order valence-corrected chi connectivity index (χ4v) is 5.69. The molecule has 0 fully saturated rings. The maximum atomic E-state index is 12.9. The van der Waals surface area contributed by atoms with Crippen molar-refractivity contribution in [1.82, 2.24) is 4.57 Å². The minimum atomic E-state index is -3.78. The molecule has 0 aliphatic heterocycles. The van der Waals surface area contributed by atoms with E-state index in [0.717, 1.165) is 10.2 Å². The molecule has 0 bridgehead atoms. The van der Waals surface area contributed by atoms with Gasteiger partial charge in [-0.25, -0.2) is 8.42 Å². The highest BCUT2D eigenvalue weighted by Crippen LogP contribution is 2.23. The topological polar surface area (TPSA) is 89.8 Å². The van der Waals surface area contributed by atoms with Crippen molar-refractivity contribution in [3.63, 3.8) is 0 Å². The Kier molecular flexibility index (Phi) is 6.90. The molecule has 0 saturated carbocycles. The SMILES string of the molecule is C=CCn1c(=NC(=O)c2ccc(NS(=O)(=O)c3ccc(OC)cc3)cc2)sc2cc(C)c(C)cc21. The van der Waals surface area contributed by atoms with Crippen molar-refractivity contribution in [3.8, 4) is 5.75 Å². The molecule has 1 amide bonds. The van der Waals surface area contributed by atoms with Crippen LogP contribution in [0.2, 0.25) is 0 Å². The fraction of sp³-hybridized carbons (Fsp3) is 0.154. The van der Waals surface area contributed by atoms with Gasteiger partial charge in [-0.3, -0.25) is 9.52 Å². The second-order valence-corrected chi connectivity index (χ2v) is 10.7. The van der Waals surface area contributed by atoms with Gasteiger partial charge in [-0.05, 0) is 85.6 Å². The first-order chi connectivity index (χ1) is 16.7. The van der Waals surface area contributed by atoms with Crippen LogP contribution >= 0.6 is 11.3 Å². The van der Waals surface area contributed by atoms with Crippen molar-refractivity contribution in [2.24, 2.45) is 4.99 Å². The largest absolute Gasteiger partial charge is 0.497 e. The molecule has 0 unspecified atom stereocenters. The number of allylic oxidation sites excluding steroid dienone is 1. The normalized spacial score (nSPS) is 12.0. The summed E-state index contributed by atoms with van der Waals surface area (Å²) in [6.45, 7) is 8.46. The van der Waals surface area contributed by atoms with E-state index in [4.69, 9.17) is 4.74 Å². The molecule has 7 nitrogen and oxygen atoms in total. The highest BCUT2D eigenvalue weighted by molar-refractivity contribution is 7.92. The summed E-state index contributed by atoms with van der Waals surface area (Å²) >= 11 is 1.45. The summed E-state index contributed by atoms with van der Waals surface area (Å²) < 4.78 is 35.9. The van der Waals surface area contributed by atoms with Crippen LogP contribution in [0.25, 0.3) is 10.2 Å². The minimum Gasteiger partial charge on any atom is -0.497 e. The van der Waals surface area contributed by atoms with Gasteiger partial charge in [0, 0.05) is 17.8 Å². The number of thiazole rings is 1. The first-order valence-corrected chi connectivity index (χ1v) is 13.1. The smallest absolute Gasteiger partial charge is 0.279 e. The van der Waals surface area contributed by atoms with Crippen LogP contribution in [-0.2, 0) is 16.6 Å². The van der Waals surface area contributed by atoms with Gasteiger partial charge in [-0.2, -0.15) is 4.99 Å². The van der Waals surface area contributed by atoms with Gasteiger partial charge in [0.25, 0.3) is 15.9 Å². The van der Waals surface area contributed by atoms with Crippen LogP contribution in [0.4, 0.5) is 5.69 Å². The van der Waals surface area contributed by atoms with Crippen molar-refractivity contribution in [2.75, 3.05) is 11.8 Å². The van der Waals surface area contributed by atoms with Crippen molar-refractivity contribution in [2.45, 2.75) is 25.3 Å². The van der Waals surface area contributed by atoms with E-state index in [1.807, 2.05) is 4.57 Å². The zero-order valence-electron chi connectivity index (χ0n) is 19.6. The summed E-state index contributed by atoms with van der Waals surface area (Å²) in [5, 5.41) is 0. The van der Waals surface area contributed by atoms with E-state index >= 15 is 0 Å². The molecule has 1 aromatic heterocycles. The molecule has 9 heteroatoms. The molecule has 1 N–H and O–H groups in total. The lowest BCUT2D eigenvalue weighted by Crippen LogP contribution is -2.16. The molecule has 0 aliphatic carbocycles. The maximum Gasteiger partial charge on any atom is 0.279 e. The van der Waals surface area contributed by atoms with E-state index in [9.17, 15) is 13.2 Å². The van der Waals surface area contributed by atoms with Crippen molar-refractivity contribution in [3.05, 3.63) is 94.8 Å². The van der Waals surface area contributed by atoms with E-state index in [-0.39, 0.29) is 4.90 Å². The number of fused-ring (bicyclic) bond motifs is 1. The van der Waals surface area contributed by atoms with Crippen LogP contribution in [0.1, 0.15) is 21.5 Å².